The van der Waals surface area contributed by atoms with Crippen LogP contribution in [0.25, 0.3) is 0 Å². The molecule has 6 nitrogen and oxygen atoms in total. The van der Waals surface area contributed by atoms with Crippen LogP contribution in [0.5, 0.6) is 23.0 Å². The number of hydrogen-bond acceptors (Lipinski definition) is 6. The molecule has 0 spiro atoms. The maximum atomic E-state index is 12.7. The fourth-order valence-corrected chi connectivity index (χ4v) is 13.9. The molecule has 2 aromatic carbocycles. The van der Waals surface area contributed by atoms with E-state index in [0.29, 0.717) is 41.7 Å². The molecule has 6 aliphatic rings. The van der Waals surface area contributed by atoms with Gasteiger partial charge in [0, 0.05) is 57.8 Å². The lowest BCUT2D eigenvalue weighted by Crippen LogP contribution is -2.57. The molecule has 272 valence electrons. The van der Waals surface area contributed by atoms with Gasteiger partial charge in [0.25, 0.3) is 0 Å². The number of aromatic hydroxyl groups is 2. The van der Waals surface area contributed by atoms with Crippen molar-refractivity contribution in [1.82, 2.24) is 0 Å². The summed E-state index contributed by atoms with van der Waals surface area (Å²) in [4.78, 5) is 25.2. The Morgan fingerprint density at radius 1 is 0.600 bits per heavy atom. The number of methoxy groups -OCH3 is 2. The number of ether oxygens (including phenoxy) is 2. The van der Waals surface area contributed by atoms with E-state index in [0.717, 1.165) is 80.4 Å². The summed E-state index contributed by atoms with van der Waals surface area (Å²) in [5, 5.41) is 20.4. The number of Topliss-reactive ketones (excluding diaryl/α,β-unsaturated/α-hetero) is 2. The van der Waals surface area contributed by atoms with Crippen LogP contribution in [0.2, 0.25) is 0 Å². The first-order valence-electron chi connectivity index (χ1n) is 19.2. The summed E-state index contributed by atoms with van der Waals surface area (Å²) < 4.78 is 11.3. The first kappa shape index (κ1) is 35.4. The van der Waals surface area contributed by atoms with Gasteiger partial charge in [0.15, 0.2) is 0 Å². The maximum Gasteiger partial charge on any atom is 0.138 e. The number of ketones is 2. The number of carbonyl (C=O) groups excluding carboxylic acids is 2. The van der Waals surface area contributed by atoms with E-state index in [1.165, 1.54) is 17.2 Å². The summed E-state index contributed by atoms with van der Waals surface area (Å²) in [6.45, 7) is 18.2. The van der Waals surface area contributed by atoms with Gasteiger partial charge in [0.1, 0.15) is 34.6 Å². The maximum absolute atomic E-state index is 12.7. The highest BCUT2D eigenvalue weighted by molar-refractivity contribution is 5.86. The Morgan fingerprint density at radius 3 is 1.56 bits per heavy atom. The van der Waals surface area contributed by atoms with Crippen molar-refractivity contribution in [2.75, 3.05) is 14.2 Å². The van der Waals surface area contributed by atoms with E-state index in [9.17, 15) is 19.8 Å². The van der Waals surface area contributed by atoms with E-state index >= 15 is 0 Å². The number of rotatable bonds is 2. The van der Waals surface area contributed by atoms with Crippen molar-refractivity contribution in [2.45, 2.75) is 130 Å². The number of phenolic OH excluding ortho intramolecular Hbond substituents is 2. The number of carbonyl (C=O) groups is 2. The molecule has 6 heteroatoms. The molecule has 0 heterocycles. The minimum atomic E-state index is -0.257. The Morgan fingerprint density at radius 2 is 1.08 bits per heavy atom. The van der Waals surface area contributed by atoms with Crippen molar-refractivity contribution in [3.63, 3.8) is 0 Å². The van der Waals surface area contributed by atoms with E-state index in [-0.39, 0.29) is 44.0 Å². The van der Waals surface area contributed by atoms with Gasteiger partial charge in [0.05, 0.1) is 14.2 Å². The average molecular weight is 685 g/mol. The topological polar surface area (TPSA) is 93.1 Å². The van der Waals surface area contributed by atoms with E-state index in [1.54, 1.807) is 14.2 Å². The second-order valence-corrected chi connectivity index (χ2v) is 19.2. The van der Waals surface area contributed by atoms with Crippen molar-refractivity contribution >= 4 is 11.6 Å². The third-order valence-corrected chi connectivity index (χ3v) is 16.4. The highest BCUT2D eigenvalue weighted by Gasteiger charge is 2.65. The van der Waals surface area contributed by atoms with Crippen LogP contribution in [0.15, 0.2) is 24.3 Å². The molecule has 0 unspecified atom stereocenters. The smallest absolute Gasteiger partial charge is 0.138 e. The van der Waals surface area contributed by atoms with Crippen molar-refractivity contribution in [3.8, 4) is 23.0 Å². The fourth-order valence-electron chi connectivity index (χ4n) is 13.9. The zero-order valence-corrected chi connectivity index (χ0v) is 32.2. The first-order valence-corrected chi connectivity index (χ1v) is 19.2. The molecule has 50 heavy (non-hydrogen) atoms. The van der Waals surface area contributed by atoms with Gasteiger partial charge in [0.2, 0.25) is 0 Å². The largest absolute Gasteiger partial charge is 0.508 e. The quantitative estimate of drug-likeness (QED) is 0.328. The van der Waals surface area contributed by atoms with Gasteiger partial charge >= 0.3 is 0 Å². The molecule has 4 saturated carbocycles. The summed E-state index contributed by atoms with van der Waals surface area (Å²) in [7, 11) is 3.49. The Hall–Kier alpha value is -3.02. The number of phenols is 2. The molecule has 8 rings (SSSR count). The van der Waals surface area contributed by atoms with Crippen LogP contribution < -0.4 is 9.47 Å². The zero-order chi connectivity index (χ0) is 36.4. The van der Waals surface area contributed by atoms with Gasteiger partial charge in [-0.05, 0) is 109 Å². The van der Waals surface area contributed by atoms with Crippen LogP contribution >= 0.6 is 0 Å². The average Bonchev–Trinajstić information content (AvgIpc) is 3.53. The second-order valence-electron chi connectivity index (χ2n) is 19.2. The highest BCUT2D eigenvalue weighted by Crippen LogP contribution is 2.69. The van der Waals surface area contributed by atoms with Crippen molar-refractivity contribution in [1.29, 1.82) is 0 Å². The number of hydrogen-bond donors (Lipinski definition) is 2. The van der Waals surface area contributed by atoms with Crippen molar-refractivity contribution in [2.24, 2.45) is 45.3 Å². The van der Waals surface area contributed by atoms with Crippen molar-refractivity contribution < 1.29 is 29.3 Å². The molecular formula is C44H60O6. The Balaban J connectivity index is 0.000000157. The van der Waals surface area contributed by atoms with E-state index < -0.39 is 0 Å². The molecular weight excluding hydrogens is 624 g/mol. The summed E-state index contributed by atoms with van der Waals surface area (Å²) >= 11 is 0. The first-order chi connectivity index (χ1) is 23.3. The van der Waals surface area contributed by atoms with E-state index in [4.69, 9.17) is 9.47 Å². The molecule has 2 N–H and O–H groups in total. The third kappa shape index (κ3) is 4.64. The molecule has 4 fully saturated rings. The lowest BCUT2D eigenvalue weighted by Gasteiger charge is -2.60. The lowest BCUT2D eigenvalue weighted by molar-refractivity contribution is -0.152. The van der Waals surface area contributed by atoms with Gasteiger partial charge in [-0.25, -0.2) is 0 Å². The second kappa shape index (κ2) is 11.2. The van der Waals surface area contributed by atoms with E-state index in [1.807, 2.05) is 12.1 Å². The molecule has 0 radical (unpaired) electrons. The van der Waals surface area contributed by atoms with Gasteiger partial charge in [-0.3, -0.25) is 9.59 Å². The van der Waals surface area contributed by atoms with Crippen LogP contribution in [-0.2, 0) is 33.3 Å². The summed E-state index contributed by atoms with van der Waals surface area (Å²) in [5.74, 6) is 4.93. The Labute approximate surface area is 299 Å². The SMILES string of the molecule is CC1(C)C(=O)CC[C@]2(C)[C@@H]1CC[C@]1(C)c3c(O)cc(O)cc3C[C@@H]21.COc1cc2c(c(OC)c1)[C@@]1(C)CC[C@@H]3C(C)(C)C(=O)CC[C@@]3(C)[C@@H]1C2. The molecule has 0 aliphatic heterocycles. The van der Waals surface area contributed by atoms with Gasteiger partial charge in [-0.2, -0.15) is 0 Å². The van der Waals surface area contributed by atoms with Crippen LogP contribution in [-0.4, -0.2) is 36.0 Å². The highest BCUT2D eigenvalue weighted by atomic mass is 16.5. The number of fused-ring (bicyclic) bond motifs is 10. The zero-order valence-electron chi connectivity index (χ0n) is 32.2. The van der Waals surface area contributed by atoms with Crippen LogP contribution in [0.4, 0.5) is 0 Å². The predicted octanol–water partition coefficient (Wildman–Crippen LogP) is 9.27. The summed E-state index contributed by atoms with van der Waals surface area (Å²) in [6.07, 6.45) is 9.60. The van der Waals surface area contributed by atoms with Crippen LogP contribution in [0.3, 0.4) is 0 Å². The van der Waals surface area contributed by atoms with Crippen LogP contribution in [0, 0.1) is 45.3 Å². The fraction of sp³-hybridized carbons (Fsp3) is 0.682. The molecule has 0 saturated heterocycles. The monoisotopic (exact) mass is 684 g/mol. The normalized spacial score (nSPS) is 38.7. The molecule has 0 aromatic heterocycles. The van der Waals surface area contributed by atoms with Crippen molar-refractivity contribution in [3.05, 3.63) is 46.5 Å². The lowest BCUT2D eigenvalue weighted by atomic mass is 9.43. The van der Waals surface area contributed by atoms with Gasteiger partial charge in [-0.15, -0.1) is 0 Å². The molecule has 6 aliphatic carbocycles. The summed E-state index contributed by atoms with van der Waals surface area (Å²) in [6, 6.07) is 7.56. The Bertz CT molecular complexity index is 1750. The molecule has 8 atom stereocenters. The number of benzene rings is 2. The minimum Gasteiger partial charge on any atom is -0.508 e. The minimum absolute atomic E-state index is 0.0607. The Kier molecular flexibility index (Phi) is 7.95. The standard InChI is InChI=1S/C23H32O3.C21H28O3/c1-21(2)17-7-9-23(4)18(22(17,3)10-8-19(21)24)12-14-11-15(25-5)13-16(26-6)20(14)23;1-19(2)15-5-7-21(4)16(20(15,3)8-6-17(19)24)10-12-9-13(22)11-14(23)18(12)21/h11,13,17-18H,7-10,12H2,1-6H3;9,11,15-16,22-23H,5-8,10H2,1-4H3/t17-,18+,22-,23+;15-,16+,20-,21+/m11/s1. The van der Waals surface area contributed by atoms with Crippen LogP contribution in [0.1, 0.15) is 129 Å². The molecule has 0 amide bonds. The van der Waals surface area contributed by atoms with Gasteiger partial charge < -0.3 is 19.7 Å². The molecule has 0 bridgehead atoms. The summed E-state index contributed by atoms with van der Waals surface area (Å²) in [5.41, 5.74) is 4.80. The molecule has 2 aromatic rings. The predicted molar refractivity (Wildman–Crippen MR) is 196 cm³/mol. The van der Waals surface area contributed by atoms with E-state index in [2.05, 4.69) is 61.5 Å². The third-order valence-electron chi connectivity index (χ3n) is 16.4. The van der Waals surface area contributed by atoms with Gasteiger partial charge in [-0.1, -0.05) is 55.4 Å².